The molecule has 0 radical (unpaired) electrons. The maximum atomic E-state index is 11.3. The van der Waals surface area contributed by atoms with Crippen LogP contribution in [0.1, 0.15) is 26.7 Å². The Bertz CT molecular complexity index is 351. The van der Waals surface area contributed by atoms with Crippen LogP contribution in [0.25, 0.3) is 0 Å². The van der Waals surface area contributed by atoms with Crippen LogP contribution in [0.15, 0.2) is 0 Å². The molecule has 21 heavy (non-hydrogen) atoms. The number of hydrogen-bond acceptors (Lipinski definition) is 7. The van der Waals surface area contributed by atoms with E-state index >= 15 is 0 Å². The normalized spacial score (nSPS) is 13.1. The summed E-state index contributed by atoms with van der Waals surface area (Å²) in [5.74, 6) is -0.153. The molecule has 0 aliphatic rings. The maximum Gasteiger partial charge on any atom is 0.305 e. The maximum absolute atomic E-state index is 11.3. The molecule has 0 aromatic carbocycles. The lowest BCUT2D eigenvalue weighted by molar-refractivity contribution is -0.157. The lowest BCUT2D eigenvalue weighted by atomic mass is 10.3. The summed E-state index contributed by atoms with van der Waals surface area (Å²) < 4.78 is 10.2. The summed E-state index contributed by atoms with van der Waals surface area (Å²) in [7, 11) is 1.52. The van der Waals surface area contributed by atoms with Gasteiger partial charge in [0.05, 0.1) is 6.04 Å². The summed E-state index contributed by atoms with van der Waals surface area (Å²) in [6.07, 6.45) is -0.0149. The summed E-state index contributed by atoms with van der Waals surface area (Å²) >= 11 is 1.37. The Kier molecular flexibility index (Phi) is 10.7. The predicted molar refractivity (Wildman–Crippen MR) is 80.8 cm³/mol. The van der Waals surface area contributed by atoms with Gasteiger partial charge in [0.25, 0.3) is 0 Å². The fraction of sp³-hybridized carbons (Fsp3) is 0.769. The zero-order valence-corrected chi connectivity index (χ0v) is 13.5. The highest BCUT2D eigenvalue weighted by Crippen LogP contribution is 2.09. The number of amides is 1. The molecular weight excluding hydrogens is 296 g/mol. The minimum Gasteiger partial charge on any atom is -0.462 e. The number of carbonyl (C=O) groups excluding carboxylic acids is 3. The molecule has 0 spiro atoms. The Morgan fingerprint density at radius 2 is 1.76 bits per heavy atom. The molecule has 8 heteroatoms. The molecule has 1 unspecified atom stereocenters. The third-order valence-corrected chi connectivity index (χ3v) is 3.69. The number of carbonyl (C=O) groups is 3. The Morgan fingerprint density at radius 3 is 2.29 bits per heavy atom. The summed E-state index contributed by atoms with van der Waals surface area (Å²) in [6, 6.07) is -0.624. The van der Waals surface area contributed by atoms with Gasteiger partial charge in [-0.2, -0.15) is 11.8 Å². The Hall–Kier alpha value is -1.28. The highest BCUT2D eigenvalue weighted by Gasteiger charge is 2.18. The van der Waals surface area contributed by atoms with Crippen LogP contribution in [0.4, 0.5) is 0 Å². The third kappa shape index (κ3) is 9.30. The standard InChI is InChI=1S/C13H24N2O5S/c1-4-11(16)19-6-9(20-12(17)5-2)7-21-8-10(14)13(18)15-3/h9-10H,4-8,14H2,1-3H3,(H,15,18)/t9?,10-/m0/s1. The van der Waals surface area contributed by atoms with Crippen molar-refractivity contribution in [3.8, 4) is 0 Å². The fourth-order valence-corrected chi connectivity index (χ4v) is 2.23. The molecule has 0 aliphatic heterocycles. The number of ether oxygens (including phenoxy) is 2. The van der Waals surface area contributed by atoms with Crippen molar-refractivity contribution >= 4 is 29.6 Å². The fourth-order valence-electron chi connectivity index (χ4n) is 1.26. The predicted octanol–water partition coefficient (Wildman–Crippen LogP) is 0.0679. The zero-order valence-electron chi connectivity index (χ0n) is 12.7. The van der Waals surface area contributed by atoms with Crippen LogP contribution in [0.2, 0.25) is 0 Å². The second-order valence-corrected chi connectivity index (χ2v) is 5.34. The molecule has 0 aliphatic carbocycles. The second kappa shape index (κ2) is 11.4. The highest BCUT2D eigenvalue weighted by atomic mass is 32.2. The van der Waals surface area contributed by atoms with Crippen LogP contribution in [0, 0.1) is 0 Å². The average Bonchev–Trinajstić information content (AvgIpc) is 2.50. The molecule has 3 N–H and O–H groups in total. The third-order valence-electron chi connectivity index (χ3n) is 2.49. The minimum atomic E-state index is -0.624. The van der Waals surface area contributed by atoms with Crippen LogP contribution in [0.5, 0.6) is 0 Å². The van der Waals surface area contributed by atoms with E-state index in [0.717, 1.165) is 0 Å². The molecule has 122 valence electrons. The van der Waals surface area contributed by atoms with Gasteiger partial charge in [-0.15, -0.1) is 0 Å². The van der Waals surface area contributed by atoms with Gasteiger partial charge in [-0.1, -0.05) is 13.8 Å². The molecule has 0 fully saturated rings. The van der Waals surface area contributed by atoms with Crippen LogP contribution < -0.4 is 11.1 Å². The van der Waals surface area contributed by atoms with E-state index in [2.05, 4.69) is 5.32 Å². The highest BCUT2D eigenvalue weighted by molar-refractivity contribution is 7.99. The van der Waals surface area contributed by atoms with E-state index in [9.17, 15) is 14.4 Å². The number of likely N-dealkylation sites (N-methyl/N-ethyl adjacent to an activating group) is 1. The van der Waals surface area contributed by atoms with Gasteiger partial charge in [-0.3, -0.25) is 14.4 Å². The monoisotopic (exact) mass is 320 g/mol. The lowest BCUT2D eigenvalue weighted by Crippen LogP contribution is -2.41. The van der Waals surface area contributed by atoms with Crippen LogP contribution in [0.3, 0.4) is 0 Å². The molecule has 0 heterocycles. The topological polar surface area (TPSA) is 108 Å². The molecule has 0 aromatic rings. The molecule has 0 saturated carbocycles. The van der Waals surface area contributed by atoms with Gasteiger partial charge in [-0.05, 0) is 0 Å². The van der Waals surface area contributed by atoms with Crippen molar-refractivity contribution < 1.29 is 23.9 Å². The van der Waals surface area contributed by atoms with Gasteiger partial charge in [0.15, 0.2) is 0 Å². The van der Waals surface area contributed by atoms with E-state index in [1.165, 1.54) is 18.8 Å². The van der Waals surface area contributed by atoms with E-state index in [0.29, 0.717) is 11.5 Å². The Morgan fingerprint density at radius 1 is 1.14 bits per heavy atom. The average molecular weight is 320 g/mol. The summed E-state index contributed by atoms with van der Waals surface area (Å²) in [6.45, 7) is 3.39. The van der Waals surface area contributed by atoms with Crippen LogP contribution >= 0.6 is 11.8 Å². The zero-order chi connectivity index (χ0) is 16.3. The largest absolute Gasteiger partial charge is 0.462 e. The Balaban J connectivity index is 4.23. The first-order chi connectivity index (χ1) is 9.94. The van der Waals surface area contributed by atoms with Gasteiger partial charge in [0.2, 0.25) is 5.91 Å². The van der Waals surface area contributed by atoms with Gasteiger partial charge >= 0.3 is 11.9 Å². The first-order valence-electron chi connectivity index (χ1n) is 6.84. The van der Waals surface area contributed by atoms with Crippen molar-refractivity contribution in [2.75, 3.05) is 25.2 Å². The molecule has 1 amide bonds. The van der Waals surface area contributed by atoms with Crippen molar-refractivity contribution in [1.29, 1.82) is 0 Å². The Labute approximate surface area is 129 Å². The van der Waals surface area contributed by atoms with E-state index in [1.807, 2.05) is 0 Å². The van der Waals surface area contributed by atoms with Crippen molar-refractivity contribution in [2.24, 2.45) is 5.73 Å². The van der Waals surface area contributed by atoms with E-state index in [4.69, 9.17) is 15.2 Å². The number of thioether (sulfide) groups is 1. The number of esters is 2. The van der Waals surface area contributed by atoms with Crippen LogP contribution in [-0.4, -0.2) is 55.2 Å². The summed E-state index contributed by atoms with van der Waals surface area (Å²) in [5.41, 5.74) is 5.66. The van der Waals surface area contributed by atoms with Gasteiger partial charge in [-0.25, -0.2) is 0 Å². The quantitative estimate of drug-likeness (QED) is 0.548. The molecule has 0 aromatic heterocycles. The second-order valence-electron chi connectivity index (χ2n) is 4.26. The van der Waals surface area contributed by atoms with E-state index < -0.39 is 12.1 Å². The lowest BCUT2D eigenvalue weighted by Gasteiger charge is -2.18. The molecular formula is C13H24N2O5S. The molecule has 0 rings (SSSR count). The van der Waals surface area contributed by atoms with Crippen LogP contribution in [-0.2, 0) is 23.9 Å². The summed E-state index contributed by atoms with van der Waals surface area (Å²) in [4.78, 5) is 33.7. The number of rotatable bonds is 10. The van der Waals surface area contributed by atoms with Crippen molar-refractivity contribution in [3.05, 3.63) is 0 Å². The molecule has 2 atom stereocenters. The van der Waals surface area contributed by atoms with E-state index in [-0.39, 0.29) is 37.3 Å². The van der Waals surface area contributed by atoms with Gasteiger partial charge in [0.1, 0.15) is 12.7 Å². The first-order valence-corrected chi connectivity index (χ1v) is 8.00. The first kappa shape index (κ1) is 19.7. The van der Waals surface area contributed by atoms with E-state index in [1.54, 1.807) is 13.8 Å². The number of nitrogens with one attached hydrogen (secondary N) is 1. The van der Waals surface area contributed by atoms with Crippen molar-refractivity contribution in [1.82, 2.24) is 5.32 Å². The molecule has 0 bridgehead atoms. The smallest absolute Gasteiger partial charge is 0.305 e. The number of hydrogen-bond donors (Lipinski definition) is 2. The van der Waals surface area contributed by atoms with Crippen molar-refractivity contribution in [3.63, 3.8) is 0 Å². The summed E-state index contributed by atoms with van der Waals surface area (Å²) in [5, 5.41) is 2.46. The minimum absolute atomic E-state index is 0.0145. The number of nitrogens with two attached hydrogens (primary N) is 1. The molecule has 0 saturated heterocycles. The van der Waals surface area contributed by atoms with Crippen molar-refractivity contribution in [2.45, 2.75) is 38.8 Å². The van der Waals surface area contributed by atoms with Gasteiger partial charge in [0, 0.05) is 31.4 Å². The van der Waals surface area contributed by atoms with Gasteiger partial charge < -0.3 is 20.5 Å². The SMILES string of the molecule is CCC(=O)OCC(CSC[C@H](N)C(=O)NC)OC(=O)CC. The molecule has 7 nitrogen and oxygen atoms in total.